The maximum Gasteiger partial charge on any atom is 0.264 e. The summed E-state index contributed by atoms with van der Waals surface area (Å²) < 4.78 is 0.967. The molecule has 84 valence electrons. The van der Waals surface area contributed by atoms with Gasteiger partial charge in [-0.2, -0.15) is 0 Å². The fourth-order valence-electron chi connectivity index (χ4n) is 1.55. The van der Waals surface area contributed by atoms with Crippen molar-refractivity contribution in [1.82, 2.24) is 4.90 Å². The Morgan fingerprint density at radius 3 is 2.87 bits per heavy atom. The fraction of sp³-hybridized carbons (Fsp3) is 0.444. The van der Waals surface area contributed by atoms with E-state index in [9.17, 15) is 4.79 Å². The summed E-state index contributed by atoms with van der Waals surface area (Å²) in [4.78, 5) is 14.5. The molecule has 6 heteroatoms. The predicted octanol–water partition coefficient (Wildman–Crippen LogP) is 2.11. The number of carbonyl (C=O) groups is 1. The molecular weight excluding hydrogens is 300 g/mol. The van der Waals surface area contributed by atoms with E-state index in [-0.39, 0.29) is 24.4 Å². The molecule has 0 unspecified atom stereocenters. The maximum absolute atomic E-state index is 11.9. The topological polar surface area (TPSA) is 46.3 Å². The minimum atomic E-state index is 0. The lowest BCUT2D eigenvalue weighted by atomic mass is 10.3. The van der Waals surface area contributed by atoms with Crippen LogP contribution in [0, 0.1) is 0 Å². The number of carbonyl (C=O) groups excluding carboxylic acids is 1. The largest absolute Gasteiger partial charge is 0.336 e. The van der Waals surface area contributed by atoms with E-state index < -0.39 is 0 Å². The molecule has 2 heterocycles. The van der Waals surface area contributed by atoms with Gasteiger partial charge in [0.05, 0.1) is 4.88 Å². The first-order chi connectivity index (χ1) is 6.66. The molecule has 2 N–H and O–H groups in total. The molecule has 0 aromatic carbocycles. The molecule has 1 fully saturated rings. The van der Waals surface area contributed by atoms with Crippen LogP contribution in [0.4, 0.5) is 0 Å². The van der Waals surface area contributed by atoms with Gasteiger partial charge in [0.25, 0.3) is 5.91 Å². The number of hydrogen-bond donors (Lipinski definition) is 1. The van der Waals surface area contributed by atoms with Crippen LogP contribution in [-0.4, -0.2) is 29.9 Å². The molecule has 0 saturated carbocycles. The van der Waals surface area contributed by atoms with Gasteiger partial charge in [0.2, 0.25) is 0 Å². The zero-order valence-electron chi connectivity index (χ0n) is 7.98. The first-order valence-electron chi connectivity index (χ1n) is 4.45. The second-order valence-electron chi connectivity index (χ2n) is 3.43. The molecule has 15 heavy (non-hydrogen) atoms. The van der Waals surface area contributed by atoms with Crippen LogP contribution in [0.2, 0.25) is 0 Å². The fourth-order valence-corrected chi connectivity index (χ4v) is 2.95. The molecule has 2 rings (SSSR count). The van der Waals surface area contributed by atoms with Gasteiger partial charge in [-0.25, -0.2) is 0 Å². The number of rotatable bonds is 1. The average molecular weight is 312 g/mol. The molecule has 0 aliphatic carbocycles. The number of halogens is 2. The Morgan fingerprint density at radius 1 is 1.67 bits per heavy atom. The smallest absolute Gasteiger partial charge is 0.264 e. The minimum absolute atomic E-state index is 0. The molecule has 1 amide bonds. The Kier molecular flexibility index (Phi) is 4.58. The van der Waals surface area contributed by atoms with Crippen LogP contribution >= 0.6 is 39.7 Å². The van der Waals surface area contributed by atoms with Crippen LogP contribution in [0.15, 0.2) is 15.9 Å². The lowest BCUT2D eigenvalue weighted by Crippen LogP contribution is -2.31. The molecule has 1 aliphatic heterocycles. The van der Waals surface area contributed by atoms with E-state index in [1.807, 2.05) is 16.3 Å². The molecule has 1 atom stereocenters. The van der Waals surface area contributed by atoms with E-state index in [0.717, 1.165) is 22.3 Å². The van der Waals surface area contributed by atoms with Gasteiger partial charge in [0.1, 0.15) is 0 Å². The van der Waals surface area contributed by atoms with Crippen LogP contribution in [0.3, 0.4) is 0 Å². The van der Waals surface area contributed by atoms with Crippen molar-refractivity contribution in [3.63, 3.8) is 0 Å². The molecule has 0 bridgehead atoms. The van der Waals surface area contributed by atoms with Gasteiger partial charge in [-0.1, -0.05) is 0 Å². The highest BCUT2D eigenvalue weighted by Crippen LogP contribution is 2.22. The number of hydrogen-bond acceptors (Lipinski definition) is 3. The number of amides is 1. The summed E-state index contributed by atoms with van der Waals surface area (Å²) >= 11 is 4.80. The average Bonchev–Trinajstić information content (AvgIpc) is 2.73. The molecule has 0 radical (unpaired) electrons. The highest BCUT2D eigenvalue weighted by atomic mass is 79.9. The van der Waals surface area contributed by atoms with Crippen LogP contribution in [-0.2, 0) is 0 Å². The molecule has 3 nitrogen and oxygen atoms in total. The zero-order chi connectivity index (χ0) is 10.1. The number of thiophene rings is 1. The summed E-state index contributed by atoms with van der Waals surface area (Å²) in [5, 5.41) is 1.92. The Hall–Kier alpha value is -0.100. The number of nitrogens with two attached hydrogens (primary N) is 1. The molecular formula is C9H12BrClN2OS. The lowest BCUT2D eigenvalue weighted by molar-refractivity contribution is 0.0795. The van der Waals surface area contributed by atoms with Gasteiger partial charge in [0.15, 0.2) is 0 Å². The van der Waals surface area contributed by atoms with Crippen LogP contribution < -0.4 is 5.73 Å². The van der Waals surface area contributed by atoms with E-state index in [4.69, 9.17) is 5.73 Å². The van der Waals surface area contributed by atoms with E-state index in [1.165, 1.54) is 11.3 Å². The van der Waals surface area contributed by atoms with Crippen molar-refractivity contribution in [1.29, 1.82) is 0 Å². The van der Waals surface area contributed by atoms with Crippen LogP contribution in [0.1, 0.15) is 16.1 Å². The molecule has 1 aromatic rings. The summed E-state index contributed by atoms with van der Waals surface area (Å²) in [7, 11) is 0. The standard InChI is InChI=1S/C9H11BrN2OS.ClH/c10-6-3-8(14-5-6)9(13)12-2-1-7(11)4-12;/h3,5,7H,1-2,4,11H2;1H/t7-;/m1./s1. The third-order valence-electron chi connectivity index (χ3n) is 2.29. The summed E-state index contributed by atoms with van der Waals surface area (Å²) in [6, 6.07) is 2.01. The quantitative estimate of drug-likeness (QED) is 0.863. The highest BCUT2D eigenvalue weighted by Gasteiger charge is 2.25. The van der Waals surface area contributed by atoms with Crippen molar-refractivity contribution in [2.45, 2.75) is 12.5 Å². The third-order valence-corrected chi connectivity index (χ3v) is 3.97. The molecule has 1 aliphatic rings. The first-order valence-corrected chi connectivity index (χ1v) is 6.13. The number of nitrogens with zero attached hydrogens (tertiary/aromatic N) is 1. The van der Waals surface area contributed by atoms with Crippen molar-refractivity contribution in [3.05, 3.63) is 20.8 Å². The van der Waals surface area contributed by atoms with Gasteiger partial charge < -0.3 is 10.6 Å². The van der Waals surface area contributed by atoms with E-state index in [1.54, 1.807) is 0 Å². The van der Waals surface area contributed by atoms with Crippen molar-refractivity contribution >= 4 is 45.6 Å². The lowest BCUT2D eigenvalue weighted by Gasteiger charge is -2.13. The summed E-state index contributed by atoms with van der Waals surface area (Å²) in [5.74, 6) is 0.105. The zero-order valence-corrected chi connectivity index (χ0v) is 11.2. The van der Waals surface area contributed by atoms with Crippen LogP contribution in [0.5, 0.6) is 0 Å². The second-order valence-corrected chi connectivity index (χ2v) is 5.26. The predicted molar refractivity (Wildman–Crippen MR) is 67.8 cm³/mol. The van der Waals surface area contributed by atoms with Gasteiger partial charge >= 0.3 is 0 Å². The van der Waals surface area contributed by atoms with Crippen molar-refractivity contribution in [2.24, 2.45) is 5.73 Å². The van der Waals surface area contributed by atoms with Gasteiger partial charge in [-0.15, -0.1) is 23.7 Å². The molecule has 1 aromatic heterocycles. The third kappa shape index (κ3) is 2.93. The van der Waals surface area contributed by atoms with E-state index in [2.05, 4.69) is 15.9 Å². The monoisotopic (exact) mass is 310 g/mol. The Bertz CT molecular complexity index is 358. The van der Waals surface area contributed by atoms with Crippen molar-refractivity contribution < 1.29 is 4.79 Å². The highest BCUT2D eigenvalue weighted by molar-refractivity contribution is 9.10. The van der Waals surface area contributed by atoms with Crippen molar-refractivity contribution in [3.8, 4) is 0 Å². The van der Waals surface area contributed by atoms with Crippen LogP contribution in [0.25, 0.3) is 0 Å². The van der Waals surface area contributed by atoms with E-state index in [0.29, 0.717) is 6.54 Å². The summed E-state index contributed by atoms with van der Waals surface area (Å²) in [6.45, 7) is 1.48. The SMILES string of the molecule is Cl.N[C@@H]1CCN(C(=O)c2cc(Br)cs2)C1. The van der Waals surface area contributed by atoms with Crippen molar-refractivity contribution in [2.75, 3.05) is 13.1 Å². The minimum Gasteiger partial charge on any atom is -0.336 e. The summed E-state index contributed by atoms with van der Waals surface area (Å²) in [6.07, 6.45) is 0.915. The number of likely N-dealkylation sites (tertiary alicyclic amines) is 1. The first kappa shape index (κ1) is 13.0. The van der Waals surface area contributed by atoms with Gasteiger partial charge in [-0.05, 0) is 28.4 Å². The Labute approximate surface area is 107 Å². The second kappa shape index (κ2) is 5.30. The van der Waals surface area contributed by atoms with Gasteiger partial charge in [-0.3, -0.25) is 4.79 Å². The van der Waals surface area contributed by atoms with E-state index >= 15 is 0 Å². The molecule has 0 spiro atoms. The Morgan fingerprint density at radius 2 is 2.40 bits per heavy atom. The normalized spacial score (nSPS) is 20.1. The molecule has 1 saturated heterocycles. The summed E-state index contributed by atoms with van der Waals surface area (Å²) in [5.41, 5.74) is 5.75. The maximum atomic E-state index is 11.9. The Balaban J connectivity index is 0.00000112. The van der Waals surface area contributed by atoms with Gasteiger partial charge in [0, 0.05) is 29.0 Å².